The molecule has 5 heteroatoms. The highest BCUT2D eigenvalue weighted by atomic mass is 16.5. The third kappa shape index (κ3) is 1.98. The van der Waals surface area contributed by atoms with Gasteiger partial charge in [0.1, 0.15) is 11.4 Å². The van der Waals surface area contributed by atoms with Crippen LogP contribution >= 0.6 is 0 Å². The fourth-order valence-corrected chi connectivity index (χ4v) is 1.73. The van der Waals surface area contributed by atoms with Crippen LogP contribution in [0.3, 0.4) is 0 Å². The van der Waals surface area contributed by atoms with Crippen molar-refractivity contribution in [2.45, 2.75) is 0 Å². The van der Waals surface area contributed by atoms with Crippen LogP contribution in [0.25, 0.3) is 5.53 Å². The second-order valence-corrected chi connectivity index (χ2v) is 3.77. The van der Waals surface area contributed by atoms with Crippen LogP contribution in [0.15, 0.2) is 42.5 Å². The number of hydrogen-bond donors (Lipinski definition) is 2. The third-order valence-corrected chi connectivity index (χ3v) is 2.63. The van der Waals surface area contributed by atoms with Gasteiger partial charge in [0.05, 0.1) is 7.11 Å². The lowest BCUT2D eigenvalue weighted by atomic mass is 10.2. The van der Waals surface area contributed by atoms with E-state index < -0.39 is 0 Å². The zero-order valence-electron chi connectivity index (χ0n) is 10.00. The van der Waals surface area contributed by atoms with Gasteiger partial charge in [0, 0.05) is 6.07 Å². The van der Waals surface area contributed by atoms with Crippen molar-refractivity contribution in [3.63, 3.8) is 0 Å². The lowest BCUT2D eigenvalue weighted by Gasteiger charge is -2.12. The normalized spacial score (nSPS) is 10.1. The summed E-state index contributed by atoms with van der Waals surface area (Å²) in [6.07, 6.45) is 0. The van der Waals surface area contributed by atoms with Crippen molar-refractivity contribution in [1.82, 2.24) is 4.70 Å². The summed E-state index contributed by atoms with van der Waals surface area (Å²) in [5.41, 5.74) is 23.6. The van der Waals surface area contributed by atoms with Crippen LogP contribution in [0.4, 0.5) is 22.7 Å². The maximum atomic E-state index is 10.3. The van der Waals surface area contributed by atoms with Gasteiger partial charge in [-0.25, -0.2) is 4.70 Å². The average molecular weight is 242 g/mol. The first-order valence-electron chi connectivity index (χ1n) is 5.41. The number of nitrogens with two attached hydrogens (primary N) is 2. The first kappa shape index (κ1) is 11.9. The maximum Gasteiger partial charge on any atom is 0.265 e. The van der Waals surface area contributed by atoms with Crippen molar-refractivity contribution in [1.29, 1.82) is 0 Å². The maximum absolute atomic E-state index is 10.3. The average Bonchev–Trinajstić information content (AvgIpc) is 2.38. The van der Waals surface area contributed by atoms with E-state index >= 15 is 0 Å². The van der Waals surface area contributed by atoms with Gasteiger partial charge in [0.25, 0.3) is 5.69 Å². The smallest absolute Gasteiger partial charge is 0.265 e. The molecule has 0 radical (unpaired) electrons. The number of anilines is 2. The van der Waals surface area contributed by atoms with Gasteiger partial charge in [0.2, 0.25) is 5.69 Å². The Hall–Kier alpha value is -2.56. The Balaban J connectivity index is 2.56. The Morgan fingerprint density at radius 2 is 1.67 bits per heavy atom. The van der Waals surface area contributed by atoms with Gasteiger partial charge in [-0.05, 0) is 18.2 Å². The Morgan fingerprint density at radius 3 is 2.33 bits per heavy atom. The van der Waals surface area contributed by atoms with Crippen LogP contribution in [0.2, 0.25) is 0 Å². The number of benzene rings is 2. The molecule has 0 unspecified atom stereocenters. The summed E-state index contributed by atoms with van der Waals surface area (Å²) in [6.45, 7) is 0. The van der Waals surface area contributed by atoms with Gasteiger partial charge in [-0.1, -0.05) is 18.2 Å². The first-order chi connectivity index (χ1) is 8.65. The Kier molecular flexibility index (Phi) is 3.14. The minimum atomic E-state index is 0.373. The van der Waals surface area contributed by atoms with Crippen LogP contribution in [0.5, 0.6) is 5.75 Å². The summed E-state index contributed by atoms with van der Waals surface area (Å²) in [6, 6.07) is 12.1. The molecule has 0 amide bonds. The number of methoxy groups -OCH3 is 1. The zero-order chi connectivity index (χ0) is 13.1. The molecular weight excluding hydrogens is 228 g/mol. The predicted octanol–water partition coefficient (Wildman–Crippen LogP) is 2.72. The van der Waals surface area contributed by atoms with Gasteiger partial charge in [0.15, 0.2) is 5.75 Å². The largest absolute Gasteiger partial charge is 0.493 e. The number of hydrogen-bond acceptors (Lipinski definition) is 3. The first-order valence-corrected chi connectivity index (χ1v) is 5.41. The number of para-hydroxylation sites is 3. The third-order valence-electron chi connectivity index (χ3n) is 2.63. The second-order valence-electron chi connectivity index (χ2n) is 3.77. The highest BCUT2D eigenvalue weighted by Gasteiger charge is 2.19. The minimum Gasteiger partial charge on any atom is -0.493 e. The Morgan fingerprint density at radius 1 is 1.00 bits per heavy atom. The monoisotopic (exact) mass is 242 g/mol. The SMILES string of the molecule is COc1cccc(N)c1[N+](=[N-])c1ccccc1N. The van der Waals surface area contributed by atoms with E-state index in [2.05, 4.69) is 0 Å². The van der Waals surface area contributed by atoms with E-state index in [9.17, 15) is 5.53 Å². The van der Waals surface area contributed by atoms with Crippen LogP contribution < -0.4 is 20.9 Å². The van der Waals surface area contributed by atoms with Gasteiger partial charge < -0.3 is 21.7 Å². The summed E-state index contributed by atoms with van der Waals surface area (Å²) in [4.78, 5) is 0. The molecule has 18 heavy (non-hydrogen) atoms. The summed E-state index contributed by atoms with van der Waals surface area (Å²) in [7, 11) is 1.51. The lowest BCUT2D eigenvalue weighted by Crippen LogP contribution is -2.05. The molecule has 4 N–H and O–H groups in total. The molecule has 5 nitrogen and oxygen atoms in total. The molecule has 2 aromatic rings. The van der Waals surface area contributed by atoms with Crippen molar-refractivity contribution >= 4 is 22.7 Å². The van der Waals surface area contributed by atoms with Gasteiger partial charge >= 0.3 is 0 Å². The molecule has 0 atom stereocenters. The van der Waals surface area contributed by atoms with Crippen LogP contribution in [-0.4, -0.2) is 7.11 Å². The molecule has 0 aromatic heterocycles. The topological polar surface area (TPSA) is 86.6 Å². The number of nitrogens with zero attached hydrogens (tertiary/aromatic N) is 2. The number of ether oxygens (including phenoxy) is 1. The molecular formula is C13H14N4O. The molecule has 0 aliphatic carbocycles. The van der Waals surface area contributed by atoms with Crippen LogP contribution in [-0.2, 0) is 0 Å². The van der Waals surface area contributed by atoms with Crippen molar-refractivity contribution < 1.29 is 4.74 Å². The van der Waals surface area contributed by atoms with Gasteiger partial charge in [-0.2, -0.15) is 0 Å². The number of nitrogen functional groups attached to an aromatic ring is 2. The molecule has 0 bridgehead atoms. The zero-order valence-corrected chi connectivity index (χ0v) is 10.00. The molecule has 0 spiro atoms. The number of rotatable bonds is 3. The summed E-state index contributed by atoms with van der Waals surface area (Å²) in [5, 5.41) is 0. The summed E-state index contributed by atoms with van der Waals surface area (Å²) >= 11 is 0. The van der Waals surface area contributed by atoms with Crippen molar-refractivity contribution in [2.24, 2.45) is 0 Å². The molecule has 0 saturated carbocycles. The Bertz CT molecular complexity index is 595. The fraction of sp³-hybridized carbons (Fsp3) is 0.0769. The van der Waals surface area contributed by atoms with E-state index in [0.29, 0.717) is 28.5 Å². The minimum absolute atomic E-state index is 0.373. The summed E-state index contributed by atoms with van der Waals surface area (Å²) < 4.78 is 6.12. The molecule has 0 aliphatic heterocycles. The fourth-order valence-electron chi connectivity index (χ4n) is 1.73. The van der Waals surface area contributed by atoms with Crippen molar-refractivity contribution in [3.8, 4) is 5.75 Å². The predicted molar refractivity (Wildman–Crippen MR) is 73.1 cm³/mol. The van der Waals surface area contributed by atoms with E-state index in [4.69, 9.17) is 16.2 Å². The molecule has 0 heterocycles. The summed E-state index contributed by atoms with van der Waals surface area (Å²) in [5.74, 6) is 0.473. The highest BCUT2D eigenvalue weighted by molar-refractivity contribution is 5.77. The van der Waals surface area contributed by atoms with Crippen molar-refractivity contribution in [2.75, 3.05) is 18.6 Å². The van der Waals surface area contributed by atoms with Gasteiger partial charge in [-0.3, -0.25) is 0 Å². The second kappa shape index (κ2) is 4.75. The molecule has 2 rings (SSSR count). The molecule has 0 saturated heterocycles. The Labute approximate surface area is 105 Å². The molecule has 0 fully saturated rings. The highest BCUT2D eigenvalue weighted by Crippen LogP contribution is 2.37. The molecule has 2 aromatic carbocycles. The molecule has 92 valence electrons. The van der Waals surface area contributed by atoms with E-state index in [1.54, 1.807) is 42.5 Å². The lowest BCUT2D eigenvalue weighted by molar-refractivity contribution is 0.414. The standard InChI is InChI=1S/C13H14N4O/c1-18-12-8-4-6-10(15)13(12)17(16)11-7-3-2-5-9(11)14/h2-8H,14-15H2,1H3. The van der Waals surface area contributed by atoms with E-state index in [-0.39, 0.29) is 0 Å². The van der Waals surface area contributed by atoms with E-state index in [0.717, 1.165) is 4.70 Å². The van der Waals surface area contributed by atoms with Crippen molar-refractivity contribution in [3.05, 3.63) is 48.0 Å². The van der Waals surface area contributed by atoms with E-state index in [1.807, 2.05) is 0 Å². The van der Waals surface area contributed by atoms with E-state index in [1.165, 1.54) is 7.11 Å². The molecule has 0 aliphatic rings. The van der Waals surface area contributed by atoms with Crippen LogP contribution in [0, 0.1) is 0 Å². The van der Waals surface area contributed by atoms with Gasteiger partial charge in [-0.15, -0.1) is 0 Å². The van der Waals surface area contributed by atoms with Crippen LogP contribution in [0.1, 0.15) is 0 Å². The quantitative estimate of drug-likeness (QED) is 0.493.